The van der Waals surface area contributed by atoms with Crippen LogP contribution in [0, 0.1) is 0 Å². The Bertz CT molecular complexity index is 241. The van der Waals surface area contributed by atoms with E-state index in [1.54, 1.807) is 0 Å². The van der Waals surface area contributed by atoms with E-state index in [-0.39, 0.29) is 0 Å². The van der Waals surface area contributed by atoms with Crippen LogP contribution in [0.2, 0.25) is 0 Å². The van der Waals surface area contributed by atoms with Crippen LogP contribution >= 0.6 is 0 Å². The van der Waals surface area contributed by atoms with Gasteiger partial charge in [0.25, 0.3) is 0 Å². The Balaban J connectivity index is 0. The second-order valence-electron chi connectivity index (χ2n) is 3.46. The highest BCUT2D eigenvalue weighted by atomic mass is 14.7. The van der Waals surface area contributed by atoms with Gasteiger partial charge >= 0.3 is 0 Å². The van der Waals surface area contributed by atoms with Gasteiger partial charge in [-0.2, -0.15) is 0 Å². The molecule has 0 aromatic carbocycles. The van der Waals surface area contributed by atoms with Gasteiger partial charge in [-0.15, -0.1) is 0 Å². The molecule has 0 atom stereocenters. The number of aromatic nitrogens is 1. The minimum absolute atomic E-state index is 0.543. The smallest absolute Gasteiger partial charge is 0.0432 e. The highest BCUT2D eigenvalue weighted by Crippen LogP contribution is 2.11. The molecule has 0 radical (unpaired) electrons. The molecule has 0 saturated carbocycles. The van der Waals surface area contributed by atoms with Gasteiger partial charge in [0.05, 0.1) is 0 Å². The van der Waals surface area contributed by atoms with E-state index in [0.29, 0.717) is 5.92 Å². The molecule has 1 nitrogen and oxygen atoms in total. The zero-order valence-electron chi connectivity index (χ0n) is 12.2. The van der Waals surface area contributed by atoms with Gasteiger partial charge < -0.3 is 0 Å². The predicted molar refractivity (Wildman–Crippen MR) is 75.0 cm³/mol. The summed E-state index contributed by atoms with van der Waals surface area (Å²) in [7, 11) is 0. The molecule has 0 spiro atoms. The van der Waals surface area contributed by atoms with Crippen molar-refractivity contribution in [3.05, 3.63) is 29.6 Å². The van der Waals surface area contributed by atoms with Crippen molar-refractivity contribution in [3.8, 4) is 0 Å². The summed E-state index contributed by atoms with van der Waals surface area (Å²) < 4.78 is 0. The third-order valence-electron chi connectivity index (χ3n) is 1.93. The zero-order valence-corrected chi connectivity index (χ0v) is 12.2. The molecular weight excluding hydrogens is 194 g/mol. The van der Waals surface area contributed by atoms with E-state index in [1.165, 1.54) is 17.8 Å². The summed E-state index contributed by atoms with van der Waals surface area (Å²) in [6, 6.07) is 6.31. The van der Waals surface area contributed by atoms with Crippen LogP contribution in [0.1, 0.15) is 72.2 Å². The topological polar surface area (TPSA) is 12.9 Å². The molecule has 0 N–H and O–H groups in total. The lowest BCUT2D eigenvalue weighted by atomic mass is 10.1. The van der Waals surface area contributed by atoms with Gasteiger partial charge in [-0.1, -0.05) is 61.0 Å². The van der Waals surface area contributed by atoms with Crippen molar-refractivity contribution in [1.82, 2.24) is 4.98 Å². The first-order valence-corrected chi connectivity index (χ1v) is 6.70. The van der Waals surface area contributed by atoms with Gasteiger partial charge in [-0.05, 0) is 24.5 Å². The van der Waals surface area contributed by atoms with Crippen LogP contribution in [0.5, 0.6) is 0 Å². The molecule has 0 fully saturated rings. The molecule has 1 aromatic heterocycles. The quantitative estimate of drug-likeness (QED) is 0.685. The molecule has 1 rings (SSSR count). The van der Waals surface area contributed by atoms with Crippen LogP contribution in [-0.2, 0) is 6.42 Å². The Kier molecular flexibility index (Phi) is 13.4. The third kappa shape index (κ3) is 7.44. The average Bonchev–Trinajstić information content (AvgIpc) is 2.35. The summed E-state index contributed by atoms with van der Waals surface area (Å²) in [6.07, 6.45) is 2.27. The summed E-state index contributed by atoms with van der Waals surface area (Å²) >= 11 is 0. The minimum atomic E-state index is 0.543. The van der Waals surface area contributed by atoms with Crippen molar-refractivity contribution in [2.75, 3.05) is 0 Å². The van der Waals surface area contributed by atoms with Crippen molar-refractivity contribution in [1.29, 1.82) is 0 Å². The number of aryl methyl sites for hydroxylation is 1. The lowest BCUT2D eigenvalue weighted by molar-refractivity contribution is 0.791. The van der Waals surface area contributed by atoms with E-state index < -0.39 is 0 Å². The fourth-order valence-corrected chi connectivity index (χ4v) is 1.22. The molecular formula is C15H29N. The van der Waals surface area contributed by atoms with Crippen LogP contribution in [-0.4, -0.2) is 4.98 Å². The molecule has 94 valence electrons. The van der Waals surface area contributed by atoms with E-state index in [2.05, 4.69) is 44.0 Å². The first kappa shape index (κ1) is 17.5. The molecule has 0 unspecified atom stereocenters. The molecule has 16 heavy (non-hydrogen) atoms. The van der Waals surface area contributed by atoms with Crippen LogP contribution < -0.4 is 0 Å². The van der Waals surface area contributed by atoms with Crippen molar-refractivity contribution in [2.45, 2.75) is 67.2 Å². The highest BCUT2D eigenvalue weighted by molar-refractivity contribution is 5.13. The monoisotopic (exact) mass is 223 g/mol. The van der Waals surface area contributed by atoms with E-state index in [4.69, 9.17) is 0 Å². The summed E-state index contributed by atoms with van der Waals surface area (Å²) in [6.45, 7) is 14.5. The Hall–Kier alpha value is -0.850. The molecule has 0 aliphatic carbocycles. The Morgan fingerprint density at radius 3 is 2.06 bits per heavy atom. The van der Waals surface area contributed by atoms with E-state index in [1.807, 2.05) is 27.7 Å². The first-order valence-electron chi connectivity index (χ1n) is 6.70. The fourth-order valence-electron chi connectivity index (χ4n) is 1.22. The summed E-state index contributed by atoms with van der Waals surface area (Å²) in [5.41, 5.74) is 2.43. The van der Waals surface area contributed by atoms with Gasteiger partial charge in [-0.3, -0.25) is 4.98 Å². The third-order valence-corrected chi connectivity index (χ3v) is 1.93. The van der Waals surface area contributed by atoms with E-state index in [0.717, 1.165) is 6.42 Å². The molecule has 1 heteroatoms. The molecule has 0 bridgehead atoms. The van der Waals surface area contributed by atoms with Gasteiger partial charge in [0, 0.05) is 11.4 Å². The van der Waals surface area contributed by atoms with Crippen LogP contribution in [0.25, 0.3) is 0 Å². The van der Waals surface area contributed by atoms with Gasteiger partial charge in [0.1, 0.15) is 0 Å². The van der Waals surface area contributed by atoms with E-state index in [9.17, 15) is 0 Å². The number of pyridine rings is 1. The SMILES string of the molecule is CC.CC.CCCc1cccc(C(C)C)n1. The van der Waals surface area contributed by atoms with E-state index >= 15 is 0 Å². The van der Waals surface area contributed by atoms with Crippen molar-refractivity contribution >= 4 is 0 Å². The van der Waals surface area contributed by atoms with Crippen LogP contribution in [0.4, 0.5) is 0 Å². The molecule has 1 heterocycles. The largest absolute Gasteiger partial charge is 0.258 e. The fraction of sp³-hybridized carbons (Fsp3) is 0.667. The lowest BCUT2D eigenvalue weighted by Gasteiger charge is -2.05. The maximum absolute atomic E-state index is 4.56. The summed E-state index contributed by atoms with van der Waals surface area (Å²) in [5.74, 6) is 0.543. The standard InChI is InChI=1S/C11H17N.2C2H6/c1-4-6-10-7-5-8-11(12-10)9(2)3;2*1-2/h5,7-9H,4,6H2,1-3H3;2*1-2H3. The summed E-state index contributed by atoms with van der Waals surface area (Å²) in [4.78, 5) is 4.56. The van der Waals surface area contributed by atoms with Gasteiger partial charge in [-0.25, -0.2) is 0 Å². The maximum atomic E-state index is 4.56. The molecule has 0 saturated heterocycles. The van der Waals surface area contributed by atoms with Gasteiger partial charge in [0.15, 0.2) is 0 Å². The number of hydrogen-bond donors (Lipinski definition) is 0. The number of nitrogens with zero attached hydrogens (tertiary/aromatic N) is 1. The molecule has 0 aliphatic rings. The Morgan fingerprint density at radius 2 is 1.62 bits per heavy atom. The molecule has 0 aliphatic heterocycles. The molecule has 1 aromatic rings. The van der Waals surface area contributed by atoms with Crippen molar-refractivity contribution < 1.29 is 0 Å². The zero-order chi connectivity index (χ0) is 13.0. The number of rotatable bonds is 3. The normalized spacial score (nSPS) is 8.75. The van der Waals surface area contributed by atoms with Crippen LogP contribution in [0.3, 0.4) is 0 Å². The highest BCUT2D eigenvalue weighted by Gasteiger charge is 2.00. The molecule has 0 amide bonds. The second-order valence-corrected chi connectivity index (χ2v) is 3.46. The van der Waals surface area contributed by atoms with Crippen molar-refractivity contribution in [2.24, 2.45) is 0 Å². The minimum Gasteiger partial charge on any atom is -0.258 e. The number of hydrogen-bond acceptors (Lipinski definition) is 1. The Labute approximate surface area is 102 Å². The van der Waals surface area contributed by atoms with Gasteiger partial charge in [0.2, 0.25) is 0 Å². The van der Waals surface area contributed by atoms with Crippen LogP contribution in [0.15, 0.2) is 18.2 Å². The average molecular weight is 223 g/mol. The second kappa shape index (κ2) is 12.2. The first-order chi connectivity index (χ1) is 7.74. The summed E-state index contributed by atoms with van der Waals surface area (Å²) in [5, 5.41) is 0. The lowest BCUT2D eigenvalue weighted by Crippen LogP contribution is -1.96. The predicted octanol–water partition coefficient (Wildman–Crippen LogP) is 5.21. The van der Waals surface area contributed by atoms with Crippen molar-refractivity contribution in [3.63, 3.8) is 0 Å². The maximum Gasteiger partial charge on any atom is 0.0432 e. The Morgan fingerprint density at radius 1 is 1.06 bits per heavy atom.